The van der Waals surface area contributed by atoms with E-state index in [0.717, 1.165) is 6.42 Å². The minimum absolute atomic E-state index is 0.0406. The average Bonchev–Trinajstić information content (AvgIpc) is 2.50. The molecule has 0 saturated carbocycles. The van der Waals surface area contributed by atoms with E-state index in [9.17, 15) is 9.59 Å². The monoisotopic (exact) mass is 186 g/mol. The van der Waals surface area contributed by atoms with Crippen molar-refractivity contribution in [1.82, 2.24) is 5.32 Å². The lowest BCUT2D eigenvalue weighted by Gasteiger charge is -2.11. The number of nitrogens with two attached hydrogens (primary N) is 1. The summed E-state index contributed by atoms with van der Waals surface area (Å²) in [6.45, 7) is 0.110. The van der Waals surface area contributed by atoms with Crippen LogP contribution in [0.15, 0.2) is 0 Å². The van der Waals surface area contributed by atoms with Crippen molar-refractivity contribution in [3.05, 3.63) is 0 Å². The number of hydrogen-bond acceptors (Lipinski definition) is 4. The van der Waals surface area contributed by atoms with Crippen LogP contribution in [0.3, 0.4) is 0 Å². The molecule has 2 unspecified atom stereocenters. The van der Waals surface area contributed by atoms with E-state index in [1.165, 1.54) is 0 Å². The van der Waals surface area contributed by atoms with Gasteiger partial charge in [0.2, 0.25) is 5.91 Å². The van der Waals surface area contributed by atoms with Gasteiger partial charge in [-0.2, -0.15) is 0 Å². The number of nitrogens with one attached hydrogen (secondary N) is 1. The maximum absolute atomic E-state index is 11.1. The number of carbonyl (C=O) groups excluding carboxylic acids is 2. The molecule has 5 nitrogen and oxygen atoms in total. The van der Waals surface area contributed by atoms with Crippen molar-refractivity contribution in [2.24, 2.45) is 11.7 Å². The number of amides is 1. The van der Waals surface area contributed by atoms with E-state index < -0.39 is 18.4 Å². The molecule has 5 heteroatoms. The third-order valence-corrected chi connectivity index (χ3v) is 2.27. The Morgan fingerprint density at radius 3 is 2.92 bits per heavy atom. The molecule has 0 aromatic heterocycles. The zero-order valence-electron chi connectivity index (χ0n) is 7.32. The van der Waals surface area contributed by atoms with Crippen LogP contribution in [-0.4, -0.2) is 36.0 Å². The molecule has 1 saturated heterocycles. The van der Waals surface area contributed by atoms with Crippen LogP contribution in [0, 0.1) is 5.92 Å². The highest BCUT2D eigenvalue weighted by atomic mass is 16.3. The Labute approximate surface area is 76.3 Å². The van der Waals surface area contributed by atoms with E-state index in [4.69, 9.17) is 10.8 Å². The van der Waals surface area contributed by atoms with E-state index in [2.05, 4.69) is 5.32 Å². The van der Waals surface area contributed by atoms with Crippen molar-refractivity contribution in [2.75, 3.05) is 13.2 Å². The van der Waals surface area contributed by atoms with Crippen LogP contribution in [-0.2, 0) is 9.59 Å². The molecule has 0 aromatic rings. The average molecular weight is 186 g/mol. The van der Waals surface area contributed by atoms with Crippen molar-refractivity contribution < 1.29 is 14.7 Å². The smallest absolute Gasteiger partial charge is 0.223 e. The number of ketones is 1. The van der Waals surface area contributed by atoms with Crippen LogP contribution >= 0.6 is 0 Å². The highest BCUT2D eigenvalue weighted by Crippen LogP contribution is 2.15. The summed E-state index contributed by atoms with van der Waals surface area (Å²) in [5.41, 5.74) is 5.48. The number of aliphatic hydroxyl groups is 1. The molecular formula is C8H14N2O3. The van der Waals surface area contributed by atoms with Gasteiger partial charge in [0, 0.05) is 12.5 Å². The lowest BCUT2D eigenvalue weighted by molar-refractivity contribution is -0.125. The molecular weight excluding hydrogens is 172 g/mol. The number of rotatable bonds is 4. The maximum Gasteiger partial charge on any atom is 0.223 e. The molecule has 0 radical (unpaired) electrons. The fraction of sp³-hybridized carbons (Fsp3) is 0.750. The molecule has 4 N–H and O–H groups in total. The second-order valence-corrected chi connectivity index (χ2v) is 3.24. The first-order valence-electron chi connectivity index (χ1n) is 4.32. The summed E-state index contributed by atoms with van der Waals surface area (Å²) in [6, 6.07) is -0.709. The predicted molar refractivity (Wildman–Crippen MR) is 45.8 cm³/mol. The van der Waals surface area contributed by atoms with Crippen LogP contribution < -0.4 is 11.1 Å². The summed E-state index contributed by atoms with van der Waals surface area (Å²) in [5.74, 6) is -0.605. The second-order valence-electron chi connectivity index (χ2n) is 3.24. The largest absolute Gasteiger partial charge is 0.389 e. The normalized spacial score (nSPS) is 24.2. The summed E-state index contributed by atoms with van der Waals surface area (Å²) in [4.78, 5) is 22.0. The van der Waals surface area contributed by atoms with E-state index in [1.807, 2.05) is 0 Å². The van der Waals surface area contributed by atoms with Crippen molar-refractivity contribution in [1.29, 1.82) is 0 Å². The highest BCUT2D eigenvalue weighted by molar-refractivity contribution is 5.86. The van der Waals surface area contributed by atoms with Crippen molar-refractivity contribution >= 4 is 11.7 Å². The fourth-order valence-electron chi connectivity index (χ4n) is 1.43. The molecule has 1 fully saturated rings. The van der Waals surface area contributed by atoms with Gasteiger partial charge in [0.15, 0.2) is 5.78 Å². The van der Waals surface area contributed by atoms with E-state index >= 15 is 0 Å². The fourth-order valence-corrected chi connectivity index (χ4v) is 1.43. The van der Waals surface area contributed by atoms with Gasteiger partial charge < -0.3 is 16.2 Å². The lowest BCUT2D eigenvalue weighted by atomic mass is 9.97. The summed E-state index contributed by atoms with van der Waals surface area (Å²) in [7, 11) is 0. The summed E-state index contributed by atoms with van der Waals surface area (Å²) in [5, 5.41) is 11.2. The topological polar surface area (TPSA) is 92.4 Å². The van der Waals surface area contributed by atoms with Crippen LogP contribution in [0.4, 0.5) is 0 Å². The number of Topliss-reactive ketones (excluding diaryl/α,β-unsaturated/α-hetero) is 1. The SMILES string of the molecule is NC(CC1CCNC1=O)C(=O)CO. The van der Waals surface area contributed by atoms with Crippen molar-refractivity contribution in [3.63, 3.8) is 0 Å². The highest BCUT2D eigenvalue weighted by Gasteiger charge is 2.27. The zero-order chi connectivity index (χ0) is 9.84. The third-order valence-electron chi connectivity index (χ3n) is 2.27. The molecule has 0 aliphatic carbocycles. The summed E-state index contributed by atoms with van der Waals surface area (Å²) >= 11 is 0. The molecule has 0 spiro atoms. The number of aliphatic hydroxyl groups excluding tert-OH is 1. The van der Waals surface area contributed by atoms with Gasteiger partial charge in [-0.1, -0.05) is 0 Å². The molecule has 1 aliphatic heterocycles. The first kappa shape index (κ1) is 10.1. The summed E-state index contributed by atoms with van der Waals surface area (Å²) in [6.07, 6.45) is 1.07. The number of carbonyl (C=O) groups is 2. The standard InChI is InChI=1S/C8H14N2O3/c9-6(7(12)4-11)3-5-1-2-10-8(5)13/h5-6,11H,1-4,9H2,(H,10,13). The van der Waals surface area contributed by atoms with Gasteiger partial charge in [-0.15, -0.1) is 0 Å². The zero-order valence-corrected chi connectivity index (χ0v) is 7.32. The van der Waals surface area contributed by atoms with Gasteiger partial charge in [0.1, 0.15) is 6.61 Å². The van der Waals surface area contributed by atoms with Gasteiger partial charge in [0.25, 0.3) is 0 Å². The quantitative estimate of drug-likeness (QED) is 0.493. The molecule has 13 heavy (non-hydrogen) atoms. The Morgan fingerprint density at radius 2 is 2.46 bits per heavy atom. The van der Waals surface area contributed by atoms with Crippen LogP contribution in [0.25, 0.3) is 0 Å². The molecule has 1 rings (SSSR count). The Balaban J connectivity index is 2.39. The molecule has 0 aromatic carbocycles. The van der Waals surface area contributed by atoms with E-state index in [0.29, 0.717) is 13.0 Å². The van der Waals surface area contributed by atoms with Crippen LogP contribution in [0.1, 0.15) is 12.8 Å². The Morgan fingerprint density at radius 1 is 1.77 bits per heavy atom. The second kappa shape index (κ2) is 4.34. The minimum Gasteiger partial charge on any atom is -0.389 e. The molecule has 2 atom stereocenters. The Bertz CT molecular complexity index is 217. The third kappa shape index (κ3) is 2.50. The first-order chi connectivity index (χ1) is 6.15. The van der Waals surface area contributed by atoms with Gasteiger partial charge in [-0.3, -0.25) is 9.59 Å². The molecule has 1 aliphatic rings. The van der Waals surface area contributed by atoms with Crippen molar-refractivity contribution in [2.45, 2.75) is 18.9 Å². The first-order valence-corrected chi connectivity index (χ1v) is 4.32. The van der Waals surface area contributed by atoms with E-state index in [-0.39, 0.29) is 11.8 Å². The molecule has 74 valence electrons. The van der Waals surface area contributed by atoms with Gasteiger partial charge in [-0.25, -0.2) is 0 Å². The molecule has 1 heterocycles. The van der Waals surface area contributed by atoms with Gasteiger partial charge >= 0.3 is 0 Å². The molecule has 1 amide bonds. The molecule has 0 bridgehead atoms. The van der Waals surface area contributed by atoms with Crippen LogP contribution in [0.2, 0.25) is 0 Å². The van der Waals surface area contributed by atoms with Crippen LogP contribution in [0.5, 0.6) is 0 Å². The van der Waals surface area contributed by atoms with Gasteiger partial charge in [0.05, 0.1) is 6.04 Å². The number of hydrogen-bond donors (Lipinski definition) is 3. The lowest BCUT2D eigenvalue weighted by Crippen LogP contribution is -2.36. The predicted octanol–water partition coefficient (Wildman–Crippen LogP) is -1.60. The van der Waals surface area contributed by atoms with Gasteiger partial charge in [-0.05, 0) is 12.8 Å². The summed E-state index contributed by atoms with van der Waals surface area (Å²) < 4.78 is 0. The Hall–Kier alpha value is -0.940. The maximum atomic E-state index is 11.1. The Kier molecular flexibility index (Phi) is 3.39. The van der Waals surface area contributed by atoms with Crippen molar-refractivity contribution in [3.8, 4) is 0 Å². The minimum atomic E-state index is -0.709. The van der Waals surface area contributed by atoms with E-state index in [1.54, 1.807) is 0 Å².